The summed E-state index contributed by atoms with van der Waals surface area (Å²) >= 11 is 0. The van der Waals surface area contributed by atoms with Gasteiger partial charge in [-0.05, 0) is 48.0 Å². The number of phenols is 4. The highest BCUT2D eigenvalue weighted by atomic mass is 16.3. The SMILES string of the molecule is Oc1cc(O)cc(-c2cc3cc(-c4ccc(O)cc4O)ccc3o2)c1. The Morgan fingerprint density at radius 1 is 0.600 bits per heavy atom. The molecule has 0 spiro atoms. The molecular formula is C20H14O5. The first kappa shape index (κ1) is 15.0. The van der Waals surface area contributed by atoms with Gasteiger partial charge in [-0.25, -0.2) is 0 Å². The number of furan rings is 1. The van der Waals surface area contributed by atoms with E-state index in [0.29, 0.717) is 22.5 Å². The number of hydrogen-bond donors (Lipinski definition) is 4. The minimum Gasteiger partial charge on any atom is -0.508 e. The van der Waals surface area contributed by atoms with Gasteiger partial charge < -0.3 is 24.8 Å². The topological polar surface area (TPSA) is 94.1 Å². The zero-order valence-electron chi connectivity index (χ0n) is 13.0. The Balaban J connectivity index is 1.82. The number of rotatable bonds is 2. The van der Waals surface area contributed by atoms with Crippen molar-refractivity contribution in [2.45, 2.75) is 0 Å². The van der Waals surface area contributed by atoms with Crippen LogP contribution in [-0.4, -0.2) is 20.4 Å². The van der Waals surface area contributed by atoms with Gasteiger partial charge in [0.15, 0.2) is 0 Å². The van der Waals surface area contributed by atoms with Crippen LogP contribution in [0, 0.1) is 0 Å². The predicted molar refractivity (Wildman–Crippen MR) is 93.7 cm³/mol. The van der Waals surface area contributed by atoms with Gasteiger partial charge in [0.2, 0.25) is 0 Å². The minimum absolute atomic E-state index is 0.00313. The van der Waals surface area contributed by atoms with Crippen molar-refractivity contribution in [3.05, 3.63) is 60.7 Å². The molecule has 4 aromatic rings. The van der Waals surface area contributed by atoms with Gasteiger partial charge in [-0.15, -0.1) is 0 Å². The molecule has 0 aliphatic rings. The van der Waals surface area contributed by atoms with E-state index in [-0.39, 0.29) is 23.0 Å². The van der Waals surface area contributed by atoms with Crippen LogP contribution in [0.25, 0.3) is 33.4 Å². The maximum absolute atomic E-state index is 10.0. The molecule has 4 rings (SSSR count). The maximum Gasteiger partial charge on any atom is 0.135 e. The molecule has 0 saturated heterocycles. The highest BCUT2D eigenvalue weighted by Crippen LogP contribution is 2.37. The summed E-state index contributed by atoms with van der Waals surface area (Å²) < 4.78 is 5.78. The Labute approximate surface area is 142 Å². The third-order valence-electron chi connectivity index (χ3n) is 4.00. The van der Waals surface area contributed by atoms with Crippen molar-refractivity contribution < 1.29 is 24.8 Å². The summed E-state index contributed by atoms with van der Waals surface area (Å²) in [7, 11) is 0. The second kappa shape index (κ2) is 5.49. The van der Waals surface area contributed by atoms with Crippen LogP contribution in [0.5, 0.6) is 23.0 Å². The second-order valence-corrected chi connectivity index (χ2v) is 5.80. The van der Waals surface area contributed by atoms with Gasteiger partial charge in [0.25, 0.3) is 0 Å². The Kier molecular flexibility index (Phi) is 3.28. The zero-order chi connectivity index (χ0) is 17.6. The average molecular weight is 334 g/mol. The molecule has 0 aliphatic heterocycles. The Morgan fingerprint density at radius 3 is 2.08 bits per heavy atom. The summed E-state index contributed by atoms with van der Waals surface area (Å²) in [4.78, 5) is 0. The number of hydrogen-bond acceptors (Lipinski definition) is 5. The van der Waals surface area contributed by atoms with E-state index in [1.807, 2.05) is 12.1 Å². The van der Waals surface area contributed by atoms with E-state index in [9.17, 15) is 20.4 Å². The fourth-order valence-electron chi connectivity index (χ4n) is 2.85. The van der Waals surface area contributed by atoms with E-state index < -0.39 is 0 Å². The zero-order valence-corrected chi connectivity index (χ0v) is 13.0. The summed E-state index contributed by atoms with van der Waals surface area (Å²) in [6.07, 6.45) is 0. The molecule has 4 N–H and O–H groups in total. The monoisotopic (exact) mass is 334 g/mol. The summed E-state index contributed by atoms with van der Waals surface area (Å²) in [5, 5.41) is 39.5. The van der Waals surface area contributed by atoms with Crippen LogP contribution in [-0.2, 0) is 0 Å². The molecule has 1 aromatic heterocycles. The smallest absolute Gasteiger partial charge is 0.135 e. The number of benzene rings is 3. The van der Waals surface area contributed by atoms with E-state index >= 15 is 0 Å². The van der Waals surface area contributed by atoms with Crippen molar-refractivity contribution in [3.63, 3.8) is 0 Å². The van der Waals surface area contributed by atoms with Gasteiger partial charge in [-0.3, -0.25) is 0 Å². The van der Waals surface area contributed by atoms with Crippen LogP contribution >= 0.6 is 0 Å². The van der Waals surface area contributed by atoms with Crippen LogP contribution < -0.4 is 0 Å². The number of fused-ring (bicyclic) bond motifs is 1. The fourth-order valence-corrected chi connectivity index (χ4v) is 2.85. The van der Waals surface area contributed by atoms with Crippen LogP contribution in [0.3, 0.4) is 0 Å². The molecule has 0 saturated carbocycles. The fraction of sp³-hybridized carbons (Fsp3) is 0. The molecular weight excluding hydrogens is 320 g/mol. The van der Waals surface area contributed by atoms with Crippen LogP contribution in [0.4, 0.5) is 0 Å². The lowest BCUT2D eigenvalue weighted by molar-refractivity contribution is 0.450. The predicted octanol–water partition coefficient (Wildman–Crippen LogP) is 4.59. The molecule has 0 atom stereocenters. The van der Waals surface area contributed by atoms with Gasteiger partial charge in [0.1, 0.15) is 34.3 Å². The normalized spacial score (nSPS) is 11.0. The van der Waals surface area contributed by atoms with Crippen LogP contribution in [0.2, 0.25) is 0 Å². The highest BCUT2D eigenvalue weighted by Gasteiger charge is 2.11. The largest absolute Gasteiger partial charge is 0.508 e. The lowest BCUT2D eigenvalue weighted by atomic mass is 10.0. The first-order valence-electron chi connectivity index (χ1n) is 7.59. The lowest BCUT2D eigenvalue weighted by Crippen LogP contribution is -1.79. The molecule has 25 heavy (non-hydrogen) atoms. The summed E-state index contributed by atoms with van der Waals surface area (Å²) in [6.45, 7) is 0. The van der Waals surface area contributed by atoms with Crippen molar-refractivity contribution in [2.24, 2.45) is 0 Å². The standard InChI is InChI=1S/C20H14O5/c21-14-2-3-17(18(24)10-14)11-1-4-19-12(5-11)8-20(25-19)13-6-15(22)9-16(23)7-13/h1-10,21-24H. The van der Waals surface area contributed by atoms with Gasteiger partial charge >= 0.3 is 0 Å². The van der Waals surface area contributed by atoms with Gasteiger partial charge in [0.05, 0.1) is 0 Å². The molecule has 0 bridgehead atoms. The van der Waals surface area contributed by atoms with Crippen LogP contribution in [0.1, 0.15) is 0 Å². The minimum atomic E-state index is -0.0508. The molecule has 0 radical (unpaired) electrons. The number of aromatic hydroxyl groups is 4. The van der Waals surface area contributed by atoms with Gasteiger partial charge in [0, 0.05) is 28.6 Å². The van der Waals surface area contributed by atoms with Crippen molar-refractivity contribution >= 4 is 11.0 Å². The van der Waals surface area contributed by atoms with Crippen molar-refractivity contribution in [2.75, 3.05) is 0 Å². The second-order valence-electron chi connectivity index (χ2n) is 5.80. The summed E-state index contributed by atoms with van der Waals surface area (Å²) in [5.41, 5.74) is 2.57. The third kappa shape index (κ3) is 2.72. The van der Waals surface area contributed by atoms with E-state index in [0.717, 1.165) is 10.9 Å². The lowest BCUT2D eigenvalue weighted by Gasteiger charge is -2.05. The van der Waals surface area contributed by atoms with Gasteiger partial charge in [-0.1, -0.05) is 6.07 Å². The summed E-state index contributed by atoms with van der Waals surface area (Å²) in [6, 6.07) is 15.9. The Morgan fingerprint density at radius 2 is 1.36 bits per heavy atom. The molecule has 1 heterocycles. The first-order chi connectivity index (χ1) is 12.0. The first-order valence-corrected chi connectivity index (χ1v) is 7.59. The molecule has 124 valence electrons. The molecule has 5 heteroatoms. The molecule has 0 aliphatic carbocycles. The van der Waals surface area contributed by atoms with Crippen molar-refractivity contribution in [3.8, 4) is 45.4 Å². The van der Waals surface area contributed by atoms with E-state index in [1.165, 1.54) is 30.3 Å². The van der Waals surface area contributed by atoms with Crippen LogP contribution in [0.15, 0.2) is 65.1 Å². The summed E-state index contributed by atoms with van der Waals surface area (Å²) in [5.74, 6) is 0.390. The Bertz CT molecular complexity index is 1070. The van der Waals surface area contributed by atoms with E-state index in [1.54, 1.807) is 18.2 Å². The molecule has 5 nitrogen and oxygen atoms in total. The maximum atomic E-state index is 10.0. The molecule has 0 fully saturated rings. The van der Waals surface area contributed by atoms with E-state index in [2.05, 4.69) is 0 Å². The van der Waals surface area contributed by atoms with Crippen molar-refractivity contribution in [1.82, 2.24) is 0 Å². The van der Waals surface area contributed by atoms with Crippen molar-refractivity contribution in [1.29, 1.82) is 0 Å². The quantitative estimate of drug-likeness (QED) is 0.430. The molecule has 0 amide bonds. The third-order valence-corrected chi connectivity index (χ3v) is 4.00. The molecule has 3 aromatic carbocycles. The van der Waals surface area contributed by atoms with E-state index in [4.69, 9.17) is 4.42 Å². The average Bonchev–Trinajstić information content (AvgIpc) is 2.97. The molecule has 0 unspecified atom stereocenters. The van der Waals surface area contributed by atoms with Gasteiger partial charge in [-0.2, -0.15) is 0 Å². The highest BCUT2D eigenvalue weighted by molar-refractivity contribution is 5.88. The Hall–Kier alpha value is -3.60. The number of phenolic OH excluding ortho intramolecular Hbond substituents is 4.